The second-order valence-corrected chi connectivity index (χ2v) is 12.4. The minimum absolute atomic E-state index is 0. The Morgan fingerprint density at radius 1 is 0.321 bits per heavy atom. The van der Waals surface area contributed by atoms with Gasteiger partial charge in [-0.1, -0.05) is 72.8 Å². The van der Waals surface area contributed by atoms with Gasteiger partial charge in [-0.2, -0.15) is 0 Å². The van der Waals surface area contributed by atoms with Gasteiger partial charge in [-0.3, -0.25) is 0 Å². The van der Waals surface area contributed by atoms with E-state index < -0.39 is 23.3 Å². The van der Waals surface area contributed by atoms with Crippen molar-refractivity contribution < 1.29 is 34.3 Å². The van der Waals surface area contributed by atoms with Crippen molar-refractivity contribution in [1.29, 1.82) is 0 Å². The summed E-state index contributed by atoms with van der Waals surface area (Å²) in [6.07, 6.45) is 7.07. The first-order chi connectivity index (χ1) is 25.4. The molecule has 3 aromatic heterocycles. The molecule has 5 heterocycles. The molecule has 0 amide bonds. The second kappa shape index (κ2) is 13.7. The van der Waals surface area contributed by atoms with E-state index in [1.54, 1.807) is 121 Å². The number of nitrogens with zero attached hydrogens (tertiary/aromatic N) is 2. The van der Waals surface area contributed by atoms with Gasteiger partial charge >= 0.3 is 0 Å². The molecule has 1 radical (unpaired) electrons. The zero-order chi connectivity index (χ0) is 35.3. The van der Waals surface area contributed by atoms with E-state index >= 15 is 17.6 Å². The molecule has 9 heteroatoms. The Balaban J connectivity index is 0.00000400. The minimum atomic E-state index is -0.461. The number of H-pyrrole nitrogens is 2. The molecule has 0 spiro atoms. The molecule has 0 atom stereocenters. The molecule has 0 saturated carbocycles. The van der Waals surface area contributed by atoms with Crippen LogP contribution in [0.2, 0.25) is 0 Å². The van der Waals surface area contributed by atoms with E-state index in [1.807, 2.05) is 0 Å². The van der Waals surface area contributed by atoms with Crippen LogP contribution in [0.1, 0.15) is 22.8 Å². The third-order valence-corrected chi connectivity index (χ3v) is 9.33. The molecular weight excluding hydrogens is 719 g/mol. The molecule has 9 rings (SSSR count). The van der Waals surface area contributed by atoms with Crippen LogP contribution in [-0.4, -0.2) is 19.9 Å². The van der Waals surface area contributed by atoms with Gasteiger partial charge in [0.2, 0.25) is 0 Å². The van der Waals surface area contributed by atoms with Crippen LogP contribution in [0.3, 0.4) is 0 Å². The van der Waals surface area contributed by atoms with Crippen LogP contribution < -0.4 is 0 Å². The van der Waals surface area contributed by atoms with Crippen molar-refractivity contribution >= 4 is 46.4 Å². The fourth-order valence-corrected chi connectivity index (χ4v) is 6.99. The quantitative estimate of drug-likeness (QED) is 0.176. The van der Waals surface area contributed by atoms with Gasteiger partial charge < -0.3 is 9.97 Å². The predicted molar refractivity (Wildman–Crippen MR) is 200 cm³/mol. The number of fused-ring (bicyclic) bond motifs is 8. The number of benzene rings is 4. The Labute approximate surface area is 311 Å². The second-order valence-electron chi connectivity index (χ2n) is 12.4. The Morgan fingerprint density at radius 3 is 0.774 bits per heavy atom. The van der Waals surface area contributed by atoms with Crippen LogP contribution in [0, 0.1) is 23.3 Å². The molecule has 0 saturated heterocycles. The fraction of sp³-hybridized carbons (Fsp3) is 0. The zero-order valence-corrected chi connectivity index (χ0v) is 28.6. The molecule has 8 bridgehead atoms. The smallest absolute Gasteiger partial charge is 0.131 e. The molecule has 0 unspecified atom stereocenters. The van der Waals surface area contributed by atoms with E-state index in [4.69, 9.17) is 9.97 Å². The van der Waals surface area contributed by atoms with Crippen LogP contribution in [0.15, 0.2) is 121 Å². The molecule has 2 N–H and O–H groups in total. The molecule has 259 valence electrons. The average molecular weight is 746 g/mol. The molecule has 7 aromatic rings. The Bertz CT molecular complexity index is 2440. The van der Waals surface area contributed by atoms with Crippen LogP contribution in [-0.2, 0) is 16.8 Å². The van der Waals surface area contributed by atoms with E-state index in [0.717, 1.165) is 0 Å². The van der Waals surface area contributed by atoms with Gasteiger partial charge in [-0.05, 0) is 72.8 Å². The number of rotatable bonds is 4. The summed E-state index contributed by atoms with van der Waals surface area (Å²) in [6.45, 7) is 0. The van der Waals surface area contributed by atoms with Crippen molar-refractivity contribution in [3.8, 4) is 44.5 Å². The van der Waals surface area contributed by atoms with E-state index in [2.05, 4.69) is 9.97 Å². The number of aromatic amines is 2. The van der Waals surface area contributed by atoms with E-state index in [1.165, 1.54) is 24.3 Å². The minimum Gasteiger partial charge on any atom is -0.354 e. The van der Waals surface area contributed by atoms with E-state index in [9.17, 15) is 0 Å². The van der Waals surface area contributed by atoms with Crippen LogP contribution in [0.25, 0.3) is 90.9 Å². The monoisotopic (exact) mass is 745 g/mol. The van der Waals surface area contributed by atoms with Crippen molar-refractivity contribution in [1.82, 2.24) is 19.9 Å². The summed E-state index contributed by atoms with van der Waals surface area (Å²) in [7, 11) is 0. The molecule has 0 aliphatic carbocycles. The van der Waals surface area contributed by atoms with Crippen molar-refractivity contribution in [2.45, 2.75) is 0 Å². The summed E-state index contributed by atoms with van der Waals surface area (Å²) in [4.78, 5) is 16.9. The number of aromatic nitrogens is 4. The van der Waals surface area contributed by atoms with Crippen LogP contribution in [0.5, 0.6) is 0 Å². The molecule has 0 fully saturated rings. The zero-order valence-electron chi connectivity index (χ0n) is 27.6. The van der Waals surface area contributed by atoms with Gasteiger partial charge in [0.15, 0.2) is 0 Å². The summed E-state index contributed by atoms with van der Waals surface area (Å²) >= 11 is 0. The molecule has 4 aromatic carbocycles. The van der Waals surface area contributed by atoms with Gasteiger partial charge in [0.1, 0.15) is 23.3 Å². The van der Waals surface area contributed by atoms with E-state index in [-0.39, 0.29) is 16.8 Å². The largest absolute Gasteiger partial charge is 0.354 e. The molecule has 53 heavy (non-hydrogen) atoms. The number of nitrogens with one attached hydrogen (secondary N) is 2. The summed E-state index contributed by atoms with van der Waals surface area (Å²) < 4.78 is 62.7. The van der Waals surface area contributed by atoms with Crippen molar-refractivity contribution in [2.75, 3.05) is 0 Å². The predicted octanol–water partition coefficient (Wildman–Crippen LogP) is 11.9. The molecular formula is C44H26CoF4N4. The average Bonchev–Trinajstić information content (AvgIpc) is 3.99. The maximum atomic E-state index is 15.7. The van der Waals surface area contributed by atoms with Gasteiger partial charge in [0.05, 0.1) is 22.8 Å². The van der Waals surface area contributed by atoms with Gasteiger partial charge in [0.25, 0.3) is 0 Å². The first-order valence-corrected chi connectivity index (χ1v) is 16.6. The maximum Gasteiger partial charge on any atom is 0.131 e. The van der Waals surface area contributed by atoms with Gasteiger partial charge in [0, 0.05) is 83.4 Å². The Kier molecular flexibility index (Phi) is 8.73. The maximum absolute atomic E-state index is 15.7. The van der Waals surface area contributed by atoms with Gasteiger partial charge in [-0.25, -0.2) is 27.5 Å². The van der Waals surface area contributed by atoms with Gasteiger partial charge in [-0.15, -0.1) is 0 Å². The first kappa shape index (κ1) is 33.8. The van der Waals surface area contributed by atoms with Crippen LogP contribution in [0.4, 0.5) is 17.6 Å². The molecule has 2 aliphatic rings. The SMILES string of the molecule is Fc1ccccc1-c1c2nc(c(-c3ccccc3F)c3ccc([nH]3)c(-c3ccccc3F)c3nc(c(-c4ccccc4F)c4ccc1[nH]4)C=C3)C=C2.[Co]. The number of hydrogen-bond donors (Lipinski definition) is 2. The van der Waals surface area contributed by atoms with E-state index in [0.29, 0.717) is 89.4 Å². The van der Waals surface area contributed by atoms with Crippen molar-refractivity contribution in [2.24, 2.45) is 0 Å². The summed E-state index contributed by atoms with van der Waals surface area (Å²) in [5.74, 6) is -1.85. The first-order valence-electron chi connectivity index (χ1n) is 16.6. The molecule has 2 aliphatic heterocycles. The third-order valence-electron chi connectivity index (χ3n) is 9.33. The standard InChI is InChI=1S/C44H26F4N4.Co/c45-29-13-5-1-9-25(29)41-33-17-19-35(49-33)42(26-10-2-6-14-30(26)46)37-21-23-39(51-37)44(28-12-4-8-16-32(28)48)40-24-22-38(52-40)43(36-20-18-34(41)50-36)27-11-3-7-15-31(27)47;/h1-24,49,52H;. The number of hydrogen-bond acceptors (Lipinski definition) is 2. The Hall–Kier alpha value is -6.29. The summed E-state index contributed by atoms with van der Waals surface area (Å²) in [5.41, 5.74) is 6.82. The fourth-order valence-electron chi connectivity index (χ4n) is 6.99. The summed E-state index contributed by atoms with van der Waals surface area (Å²) in [6, 6.07) is 32.8. The van der Waals surface area contributed by atoms with Crippen LogP contribution >= 0.6 is 0 Å². The van der Waals surface area contributed by atoms with Crippen molar-refractivity contribution in [3.05, 3.63) is 167 Å². The normalized spacial score (nSPS) is 11.8. The third kappa shape index (κ3) is 5.89. The number of halogens is 4. The van der Waals surface area contributed by atoms with Crippen molar-refractivity contribution in [3.63, 3.8) is 0 Å². The Morgan fingerprint density at radius 2 is 0.547 bits per heavy atom. The molecule has 4 nitrogen and oxygen atoms in total. The summed E-state index contributed by atoms with van der Waals surface area (Å²) in [5, 5.41) is 0. The topological polar surface area (TPSA) is 57.4 Å².